The number of ether oxygens (including phenoxy) is 1. The van der Waals surface area contributed by atoms with E-state index in [-0.39, 0.29) is 25.0 Å². The van der Waals surface area contributed by atoms with E-state index in [0.717, 1.165) is 23.7 Å². The van der Waals surface area contributed by atoms with Crippen LogP contribution in [0.15, 0.2) is 36.5 Å². The second kappa shape index (κ2) is 10.6. The van der Waals surface area contributed by atoms with Gasteiger partial charge in [-0.25, -0.2) is 4.68 Å². The summed E-state index contributed by atoms with van der Waals surface area (Å²) in [5.41, 5.74) is -1.38. The Morgan fingerprint density at radius 1 is 1.19 bits per heavy atom. The lowest BCUT2D eigenvalue weighted by atomic mass is 10.1. The number of alkyl halides is 3. The number of rotatable bonds is 8. The van der Waals surface area contributed by atoms with Crippen molar-refractivity contribution in [3.05, 3.63) is 47.8 Å². The summed E-state index contributed by atoms with van der Waals surface area (Å²) in [6.45, 7) is 3.94. The van der Waals surface area contributed by atoms with Crippen LogP contribution in [0.1, 0.15) is 48.7 Å². The number of piperidine rings is 1. The van der Waals surface area contributed by atoms with Gasteiger partial charge in [-0.1, -0.05) is 18.2 Å². The minimum absolute atomic E-state index is 0.0259. The number of aromatic nitrogens is 2. The third kappa shape index (κ3) is 6.09. The highest BCUT2D eigenvalue weighted by Crippen LogP contribution is 2.31. The van der Waals surface area contributed by atoms with Crippen molar-refractivity contribution >= 4 is 11.8 Å². The monoisotopic (exact) mass is 452 g/mol. The highest BCUT2D eigenvalue weighted by molar-refractivity contribution is 5.95. The summed E-state index contributed by atoms with van der Waals surface area (Å²) in [6.07, 6.45) is -1.37. The molecule has 0 spiro atoms. The van der Waals surface area contributed by atoms with E-state index in [4.69, 9.17) is 4.74 Å². The van der Waals surface area contributed by atoms with Gasteiger partial charge in [-0.05, 0) is 38.3 Å². The summed E-state index contributed by atoms with van der Waals surface area (Å²) in [5, 5.41) is 6.04. The first-order valence-electron chi connectivity index (χ1n) is 10.7. The SMILES string of the molecule is CCOC1CCN(C(=O)CCCNC(=O)c2cn(-c3ccccc3)nc2C(F)(F)F)CC1. The number of benzene rings is 1. The molecule has 2 aromatic rings. The number of carbonyl (C=O) groups is 2. The van der Waals surface area contributed by atoms with Crippen LogP contribution in [0.2, 0.25) is 0 Å². The Hall–Kier alpha value is -2.88. The molecule has 1 aliphatic rings. The zero-order valence-electron chi connectivity index (χ0n) is 17.9. The maximum absolute atomic E-state index is 13.4. The van der Waals surface area contributed by atoms with Crippen LogP contribution in [-0.4, -0.2) is 58.8 Å². The molecule has 0 unspecified atom stereocenters. The molecular weight excluding hydrogens is 425 g/mol. The molecule has 174 valence electrons. The van der Waals surface area contributed by atoms with E-state index in [9.17, 15) is 22.8 Å². The van der Waals surface area contributed by atoms with Crippen molar-refractivity contribution in [2.45, 2.75) is 44.9 Å². The number of nitrogens with zero attached hydrogens (tertiary/aromatic N) is 3. The third-order valence-electron chi connectivity index (χ3n) is 5.30. The van der Waals surface area contributed by atoms with Gasteiger partial charge in [-0.15, -0.1) is 0 Å². The molecule has 7 nitrogen and oxygen atoms in total. The van der Waals surface area contributed by atoms with Crippen LogP contribution >= 0.6 is 0 Å². The Balaban J connectivity index is 1.53. The van der Waals surface area contributed by atoms with Crippen molar-refractivity contribution in [2.24, 2.45) is 0 Å². The molecule has 32 heavy (non-hydrogen) atoms. The lowest BCUT2D eigenvalue weighted by Crippen LogP contribution is -2.41. The summed E-state index contributed by atoms with van der Waals surface area (Å²) in [7, 11) is 0. The molecule has 3 rings (SSSR count). The predicted molar refractivity (Wildman–Crippen MR) is 111 cm³/mol. The lowest BCUT2D eigenvalue weighted by molar-refractivity contribution is -0.141. The van der Waals surface area contributed by atoms with E-state index in [1.807, 2.05) is 6.92 Å². The fraction of sp³-hybridized carbons (Fsp3) is 0.500. The fourth-order valence-electron chi connectivity index (χ4n) is 3.66. The Morgan fingerprint density at radius 2 is 1.88 bits per heavy atom. The summed E-state index contributed by atoms with van der Waals surface area (Å²) in [5.74, 6) is -0.897. The highest BCUT2D eigenvalue weighted by Gasteiger charge is 2.39. The molecule has 1 N–H and O–H groups in total. The van der Waals surface area contributed by atoms with Gasteiger partial charge in [0.1, 0.15) is 0 Å². The molecule has 0 radical (unpaired) electrons. The lowest BCUT2D eigenvalue weighted by Gasteiger charge is -2.31. The minimum Gasteiger partial charge on any atom is -0.378 e. The van der Waals surface area contributed by atoms with Crippen molar-refractivity contribution in [2.75, 3.05) is 26.2 Å². The Labute approximate surface area is 184 Å². The minimum atomic E-state index is -4.77. The molecule has 2 amide bonds. The van der Waals surface area contributed by atoms with Crippen LogP contribution in [0.3, 0.4) is 0 Å². The van der Waals surface area contributed by atoms with E-state index in [2.05, 4.69) is 10.4 Å². The fourth-order valence-corrected chi connectivity index (χ4v) is 3.66. The topological polar surface area (TPSA) is 76.5 Å². The number of nitrogens with one attached hydrogen (secondary N) is 1. The van der Waals surface area contributed by atoms with Gasteiger partial charge in [0.15, 0.2) is 5.69 Å². The van der Waals surface area contributed by atoms with Crippen molar-refractivity contribution in [3.63, 3.8) is 0 Å². The van der Waals surface area contributed by atoms with E-state index < -0.39 is 23.3 Å². The molecule has 10 heteroatoms. The molecule has 1 aromatic carbocycles. The summed E-state index contributed by atoms with van der Waals surface area (Å²) >= 11 is 0. The number of hydrogen-bond acceptors (Lipinski definition) is 4. The molecule has 1 aromatic heterocycles. The van der Waals surface area contributed by atoms with Crippen molar-refractivity contribution in [1.29, 1.82) is 0 Å². The first-order chi connectivity index (χ1) is 15.3. The molecule has 0 saturated carbocycles. The smallest absolute Gasteiger partial charge is 0.378 e. The van der Waals surface area contributed by atoms with Gasteiger partial charge in [-0.2, -0.15) is 18.3 Å². The van der Waals surface area contributed by atoms with Crippen molar-refractivity contribution in [3.8, 4) is 5.69 Å². The summed E-state index contributed by atoms with van der Waals surface area (Å²) in [4.78, 5) is 26.5. The third-order valence-corrected chi connectivity index (χ3v) is 5.30. The van der Waals surface area contributed by atoms with Gasteiger partial charge in [-0.3, -0.25) is 9.59 Å². The maximum atomic E-state index is 13.4. The maximum Gasteiger partial charge on any atom is 0.435 e. The molecular formula is C22H27F3N4O3. The average molecular weight is 452 g/mol. The van der Waals surface area contributed by atoms with Gasteiger partial charge >= 0.3 is 6.18 Å². The van der Waals surface area contributed by atoms with Crippen LogP contribution < -0.4 is 5.32 Å². The van der Waals surface area contributed by atoms with E-state index in [0.29, 0.717) is 31.8 Å². The number of amides is 2. The molecule has 1 aliphatic heterocycles. The predicted octanol–water partition coefficient (Wildman–Crippen LogP) is 3.43. The van der Waals surface area contributed by atoms with Crippen LogP contribution in [0.4, 0.5) is 13.2 Å². The Morgan fingerprint density at radius 3 is 2.50 bits per heavy atom. The second-order valence-corrected chi connectivity index (χ2v) is 7.56. The van der Waals surface area contributed by atoms with Gasteiger partial charge in [0, 0.05) is 38.9 Å². The zero-order valence-corrected chi connectivity index (χ0v) is 17.9. The Bertz CT molecular complexity index is 907. The number of para-hydroxylation sites is 1. The van der Waals surface area contributed by atoms with E-state index in [1.54, 1.807) is 35.2 Å². The van der Waals surface area contributed by atoms with Crippen LogP contribution in [-0.2, 0) is 15.7 Å². The first kappa shape index (κ1) is 23.8. The molecule has 0 bridgehead atoms. The molecule has 0 aliphatic carbocycles. The number of likely N-dealkylation sites (tertiary alicyclic amines) is 1. The molecule has 2 heterocycles. The number of halogens is 3. The van der Waals surface area contributed by atoms with E-state index >= 15 is 0 Å². The molecule has 1 fully saturated rings. The van der Waals surface area contributed by atoms with Crippen LogP contribution in [0.5, 0.6) is 0 Å². The molecule has 0 atom stereocenters. The largest absolute Gasteiger partial charge is 0.435 e. The number of hydrogen-bond donors (Lipinski definition) is 1. The van der Waals surface area contributed by atoms with Gasteiger partial charge in [0.25, 0.3) is 5.91 Å². The normalized spacial score (nSPS) is 15.1. The second-order valence-electron chi connectivity index (χ2n) is 7.56. The standard InChI is InChI=1S/C22H27F3N4O3/c1-2-32-17-10-13-28(14-11-17)19(30)9-6-12-26-21(31)18-15-29(16-7-4-3-5-8-16)27-20(18)22(23,24)25/h3-5,7-8,15,17H,2,6,9-14H2,1H3,(H,26,31). The van der Waals surface area contributed by atoms with Crippen molar-refractivity contribution < 1.29 is 27.5 Å². The van der Waals surface area contributed by atoms with Crippen molar-refractivity contribution in [1.82, 2.24) is 20.0 Å². The van der Waals surface area contributed by atoms with Gasteiger partial charge in [0.2, 0.25) is 5.91 Å². The quantitative estimate of drug-likeness (QED) is 0.623. The van der Waals surface area contributed by atoms with E-state index in [1.165, 1.54) is 0 Å². The first-order valence-corrected chi connectivity index (χ1v) is 10.7. The van der Waals surface area contributed by atoms with Gasteiger partial charge < -0.3 is 15.0 Å². The summed E-state index contributed by atoms with van der Waals surface area (Å²) < 4.78 is 46.8. The summed E-state index contributed by atoms with van der Waals surface area (Å²) in [6, 6.07) is 8.25. The zero-order chi connectivity index (χ0) is 23.1. The number of carbonyl (C=O) groups excluding carboxylic acids is 2. The van der Waals surface area contributed by atoms with Crippen LogP contribution in [0, 0.1) is 0 Å². The van der Waals surface area contributed by atoms with Gasteiger partial charge in [0.05, 0.1) is 17.4 Å². The molecule has 1 saturated heterocycles. The average Bonchev–Trinajstić information content (AvgIpc) is 3.24. The van der Waals surface area contributed by atoms with Crippen LogP contribution in [0.25, 0.3) is 5.69 Å². The highest BCUT2D eigenvalue weighted by atomic mass is 19.4. The Kier molecular flexibility index (Phi) is 7.89.